The van der Waals surface area contributed by atoms with Crippen molar-refractivity contribution in [3.63, 3.8) is 0 Å². The number of nitrogens with zero attached hydrogens (tertiary/aromatic N) is 2. The zero-order valence-electron chi connectivity index (χ0n) is 11.9. The zero-order chi connectivity index (χ0) is 15.4. The number of amides is 1. The van der Waals surface area contributed by atoms with Crippen LogP contribution in [-0.4, -0.2) is 25.0 Å². The summed E-state index contributed by atoms with van der Waals surface area (Å²) in [5, 5.41) is 3.22. The number of hydrogen-bond acceptors (Lipinski definition) is 4. The first-order valence-electron chi connectivity index (χ1n) is 6.44. The lowest BCUT2D eigenvalue weighted by atomic mass is 10.2. The Morgan fingerprint density at radius 3 is 2.86 bits per heavy atom. The third-order valence-corrected chi connectivity index (χ3v) is 3.49. The van der Waals surface area contributed by atoms with E-state index in [-0.39, 0.29) is 5.91 Å². The van der Waals surface area contributed by atoms with Gasteiger partial charge in [-0.1, -0.05) is 11.6 Å². The Morgan fingerprint density at radius 2 is 2.14 bits per heavy atom. The van der Waals surface area contributed by atoms with Gasteiger partial charge in [-0.05, 0) is 35.9 Å². The molecule has 5 nitrogen and oxygen atoms in total. The number of halogens is 1. The van der Waals surface area contributed by atoms with E-state index in [1.54, 1.807) is 31.4 Å². The second-order valence-electron chi connectivity index (χ2n) is 4.69. The summed E-state index contributed by atoms with van der Waals surface area (Å²) in [5.74, 6) is -0.216. The molecule has 21 heavy (non-hydrogen) atoms. The van der Waals surface area contributed by atoms with Crippen molar-refractivity contribution in [1.29, 1.82) is 0 Å². The summed E-state index contributed by atoms with van der Waals surface area (Å²) in [6, 6.07) is 8.97. The van der Waals surface area contributed by atoms with Crippen molar-refractivity contribution in [1.82, 2.24) is 10.3 Å². The quantitative estimate of drug-likeness (QED) is 0.850. The fourth-order valence-electron chi connectivity index (χ4n) is 1.97. The van der Waals surface area contributed by atoms with Crippen LogP contribution in [0.1, 0.15) is 16.1 Å². The summed E-state index contributed by atoms with van der Waals surface area (Å²) in [6.45, 7) is 0.584. The van der Waals surface area contributed by atoms with E-state index in [0.717, 1.165) is 11.3 Å². The van der Waals surface area contributed by atoms with Crippen LogP contribution < -0.4 is 16.0 Å². The molecule has 3 N–H and O–H groups in total. The smallest absolute Gasteiger partial charge is 0.269 e. The molecule has 0 aliphatic rings. The molecule has 1 aromatic heterocycles. The van der Waals surface area contributed by atoms with Crippen molar-refractivity contribution in [2.75, 3.05) is 24.7 Å². The first kappa shape index (κ1) is 15.1. The number of pyridine rings is 1. The van der Waals surface area contributed by atoms with Crippen molar-refractivity contribution in [3.05, 3.63) is 52.8 Å². The van der Waals surface area contributed by atoms with Gasteiger partial charge in [-0.25, -0.2) is 0 Å². The molecule has 0 aliphatic heterocycles. The number of carbonyl (C=O) groups is 1. The average Bonchev–Trinajstić information content (AvgIpc) is 2.50. The highest BCUT2D eigenvalue weighted by Crippen LogP contribution is 2.23. The molecule has 0 unspecified atom stereocenters. The van der Waals surface area contributed by atoms with Crippen LogP contribution in [0.25, 0.3) is 0 Å². The molecule has 0 fully saturated rings. The van der Waals surface area contributed by atoms with E-state index in [1.165, 1.54) is 0 Å². The van der Waals surface area contributed by atoms with Gasteiger partial charge in [0.15, 0.2) is 0 Å². The molecule has 0 radical (unpaired) electrons. The molecule has 110 valence electrons. The van der Waals surface area contributed by atoms with Gasteiger partial charge in [0.1, 0.15) is 5.69 Å². The highest BCUT2D eigenvalue weighted by atomic mass is 35.5. The lowest BCUT2D eigenvalue weighted by molar-refractivity contribution is 0.0958. The number of carbonyl (C=O) groups excluding carboxylic acids is 1. The van der Waals surface area contributed by atoms with Crippen molar-refractivity contribution < 1.29 is 4.79 Å². The van der Waals surface area contributed by atoms with Gasteiger partial charge in [-0.2, -0.15) is 0 Å². The molecule has 0 saturated carbocycles. The zero-order valence-corrected chi connectivity index (χ0v) is 12.7. The van der Waals surface area contributed by atoms with Crippen molar-refractivity contribution >= 4 is 28.9 Å². The van der Waals surface area contributed by atoms with Gasteiger partial charge in [0.25, 0.3) is 5.91 Å². The van der Waals surface area contributed by atoms with E-state index in [4.69, 9.17) is 17.3 Å². The summed E-state index contributed by atoms with van der Waals surface area (Å²) in [6.07, 6.45) is 1.61. The monoisotopic (exact) mass is 304 g/mol. The van der Waals surface area contributed by atoms with Crippen LogP contribution >= 0.6 is 11.6 Å². The molecule has 0 bridgehead atoms. The largest absolute Gasteiger partial charge is 0.399 e. The number of nitrogens with one attached hydrogen (secondary N) is 1. The number of anilines is 2. The highest BCUT2D eigenvalue weighted by Gasteiger charge is 2.10. The maximum Gasteiger partial charge on any atom is 0.269 e. The van der Waals surface area contributed by atoms with E-state index in [9.17, 15) is 4.79 Å². The fourth-order valence-corrected chi connectivity index (χ4v) is 2.15. The second kappa shape index (κ2) is 6.45. The molecular formula is C15H17ClN4O. The van der Waals surface area contributed by atoms with Crippen molar-refractivity contribution in [2.45, 2.75) is 6.54 Å². The van der Waals surface area contributed by atoms with Gasteiger partial charge in [0, 0.05) is 43.2 Å². The summed E-state index contributed by atoms with van der Waals surface area (Å²) >= 11 is 6.17. The molecule has 1 heterocycles. The summed E-state index contributed by atoms with van der Waals surface area (Å²) in [4.78, 5) is 17.6. The topological polar surface area (TPSA) is 71.2 Å². The Balaban J connectivity index is 2.22. The van der Waals surface area contributed by atoms with Crippen LogP contribution in [0.15, 0.2) is 36.5 Å². The molecule has 0 aliphatic carbocycles. The van der Waals surface area contributed by atoms with Crippen LogP contribution in [0.3, 0.4) is 0 Å². The normalized spacial score (nSPS) is 10.2. The molecular weight excluding hydrogens is 288 g/mol. The SMILES string of the molecule is CNC(=O)c1cc(N(C)Cc2cc(N)ccc2Cl)ccn1. The summed E-state index contributed by atoms with van der Waals surface area (Å²) in [7, 11) is 3.50. The van der Waals surface area contributed by atoms with Crippen molar-refractivity contribution in [2.24, 2.45) is 0 Å². The first-order valence-corrected chi connectivity index (χ1v) is 6.82. The van der Waals surface area contributed by atoms with E-state index in [1.807, 2.05) is 24.1 Å². The predicted molar refractivity (Wildman–Crippen MR) is 85.6 cm³/mol. The summed E-state index contributed by atoms with van der Waals surface area (Å²) in [5.41, 5.74) is 8.63. The minimum Gasteiger partial charge on any atom is -0.399 e. The Kier molecular flexibility index (Phi) is 4.65. The molecule has 2 rings (SSSR count). The van der Waals surface area contributed by atoms with E-state index in [0.29, 0.717) is 22.9 Å². The van der Waals surface area contributed by atoms with E-state index in [2.05, 4.69) is 10.3 Å². The number of nitrogen functional groups attached to an aromatic ring is 1. The number of benzene rings is 1. The minimum atomic E-state index is -0.216. The molecule has 0 spiro atoms. The number of aromatic nitrogens is 1. The number of hydrogen-bond donors (Lipinski definition) is 2. The Labute approximate surface area is 128 Å². The molecule has 2 aromatic rings. The van der Waals surface area contributed by atoms with Gasteiger partial charge >= 0.3 is 0 Å². The third kappa shape index (κ3) is 3.64. The van der Waals surface area contributed by atoms with Crippen LogP contribution in [0.2, 0.25) is 5.02 Å². The fraction of sp³-hybridized carbons (Fsp3) is 0.200. The lowest BCUT2D eigenvalue weighted by Gasteiger charge is -2.20. The van der Waals surface area contributed by atoms with Gasteiger partial charge in [-0.3, -0.25) is 9.78 Å². The maximum absolute atomic E-state index is 11.6. The van der Waals surface area contributed by atoms with Crippen LogP contribution in [-0.2, 0) is 6.54 Å². The van der Waals surface area contributed by atoms with Gasteiger partial charge < -0.3 is 16.0 Å². The number of rotatable bonds is 4. The number of nitrogens with two attached hydrogens (primary N) is 1. The summed E-state index contributed by atoms with van der Waals surface area (Å²) < 4.78 is 0. The van der Waals surface area contributed by atoms with E-state index < -0.39 is 0 Å². The molecule has 1 amide bonds. The van der Waals surface area contributed by atoms with E-state index >= 15 is 0 Å². The standard InChI is InChI=1S/C15H17ClN4O/c1-18-15(21)14-8-12(5-6-19-14)20(2)9-10-7-11(17)3-4-13(10)16/h3-8H,9,17H2,1-2H3,(H,18,21). The van der Waals surface area contributed by atoms with Gasteiger partial charge in [-0.15, -0.1) is 0 Å². The maximum atomic E-state index is 11.6. The molecule has 6 heteroatoms. The molecule has 1 aromatic carbocycles. The van der Waals surface area contributed by atoms with Crippen LogP contribution in [0, 0.1) is 0 Å². The van der Waals surface area contributed by atoms with Crippen molar-refractivity contribution in [3.8, 4) is 0 Å². The Bertz CT molecular complexity index is 660. The Morgan fingerprint density at radius 1 is 1.38 bits per heavy atom. The molecule has 0 atom stereocenters. The van der Waals surface area contributed by atoms with Gasteiger partial charge in [0.05, 0.1) is 0 Å². The third-order valence-electron chi connectivity index (χ3n) is 3.12. The molecule has 0 saturated heterocycles. The van der Waals surface area contributed by atoms with Crippen LogP contribution in [0.4, 0.5) is 11.4 Å². The lowest BCUT2D eigenvalue weighted by Crippen LogP contribution is -2.21. The second-order valence-corrected chi connectivity index (χ2v) is 5.09. The highest BCUT2D eigenvalue weighted by molar-refractivity contribution is 6.31. The predicted octanol–water partition coefficient (Wildman–Crippen LogP) is 2.31. The average molecular weight is 305 g/mol. The Hall–Kier alpha value is -2.27. The van der Waals surface area contributed by atoms with Gasteiger partial charge in [0.2, 0.25) is 0 Å². The first-order chi connectivity index (χ1) is 10.0. The van der Waals surface area contributed by atoms with Crippen LogP contribution in [0.5, 0.6) is 0 Å². The minimum absolute atomic E-state index is 0.216.